The van der Waals surface area contributed by atoms with Crippen LogP contribution in [0.15, 0.2) is 60.2 Å². The van der Waals surface area contributed by atoms with Crippen LogP contribution in [0.2, 0.25) is 0 Å². The third-order valence-electron chi connectivity index (χ3n) is 2.52. The van der Waals surface area contributed by atoms with Gasteiger partial charge in [-0.2, -0.15) is 5.26 Å². The minimum Gasteiger partial charge on any atom is -0.477 e. The van der Waals surface area contributed by atoms with Crippen molar-refractivity contribution in [2.24, 2.45) is 0 Å². The molecule has 0 radical (unpaired) electrons. The Morgan fingerprint density at radius 2 is 1.65 bits per heavy atom. The van der Waals surface area contributed by atoms with Crippen molar-refractivity contribution < 1.29 is 14.6 Å². The standard InChI is InChI=1S/C16H11NO3/c17-11-13(16(18)19)10-12-6-8-15(9-7-12)20-14-4-2-1-3-5-14/h1-10H,(H,18,19). The van der Waals surface area contributed by atoms with Gasteiger partial charge in [0.2, 0.25) is 0 Å². The Morgan fingerprint density at radius 1 is 1.05 bits per heavy atom. The summed E-state index contributed by atoms with van der Waals surface area (Å²) < 4.78 is 5.61. The highest BCUT2D eigenvalue weighted by molar-refractivity contribution is 5.96. The molecular weight excluding hydrogens is 254 g/mol. The average Bonchev–Trinajstić information content (AvgIpc) is 2.47. The van der Waals surface area contributed by atoms with Gasteiger partial charge < -0.3 is 9.84 Å². The van der Waals surface area contributed by atoms with Crippen molar-refractivity contribution in [3.8, 4) is 17.6 Å². The van der Waals surface area contributed by atoms with Gasteiger partial charge in [0.15, 0.2) is 0 Å². The molecule has 0 spiro atoms. The molecule has 0 aliphatic heterocycles. The topological polar surface area (TPSA) is 70.3 Å². The smallest absolute Gasteiger partial charge is 0.346 e. The van der Waals surface area contributed by atoms with Crippen molar-refractivity contribution in [2.75, 3.05) is 0 Å². The van der Waals surface area contributed by atoms with E-state index in [1.807, 2.05) is 30.3 Å². The first-order valence-electron chi connectivity index (χ1n) is 5.87. The summed E-state index contributed by atoms with van der Waals surface area (Å²) in [4.78, 5) is 10.7. The van der Waals surface area contributed by atoms with Gasteiger partial charge in [-0.05, 0) is 35.9 Å². The maximum atomic E-state index is 10.7. The number of benzene rings is 2. The van der Waals surface area contributed by atoms with E-state index in [1.165, 1.54) is 6.08 Å². The fourth-order valence-corrected chi connectivity index (χ4v) is 1.57. The minimum atomic E-state index is -1.24. The van der Waals surface area contributed by atoms with Crippen LogP contribution in [0.25, 0.3) is 6.08 Å². The summed E-state index contributed by atoms with van der Waals surface area (Å²) in [6.45, 7) is 0. The van der Waals surface area contributed by atoms with Crippen LogP contribution in [0.1, 0.15) is 5.56 Å². The number of hydrogen-bond acceptors (Lipinski definition) is 3. The summed E-state index contributed by atoms with van der Waals surface area (Å²) in [5.74, 6) is 0.123. The fraction of sp³-hybridized carbons (Fsp3) is 0. The normalized spacial score (nSPS) is 10.7. The Labute approximate surface area is 116 Å². The van der Waals surface area contributed by atoms with E-state index in [1.54, 1.807) is 30.3 Å². The van der Waals surface area contributed by atoms with Crippen LogP contribution in [-0.4, -0.2) is 11.1 Å². The molecule has 0 fully saturated rings. The second-order valence-electron chi connectivity index (χ2n) is 3.96. The van der Waals surface area contributed by atoms with E-state index >= 15 is 0 Å². The van der Waals surface area contributed by atoms with Crippen molar-refractivity contribution in [1.82, 2.24) is 0 Å². The van der Waals surface area contributed by atoms with Gasteiger partial charge in [-0.3, -0.25) is 0 Å². The molecule has 98 valence electrons. The molecule has 4 nitrogen and oxygen atoms in total. The van der Waals surface area contributed by atoms with E-state index in [0.717, 1.165) is 5.75 Å². The second-order valence-corrected chi connectivity index (χ2v) is 3.96. The molecule has 0 saturated heterocycles. The Bertz CT molecular complexity index is 667. The number of carbonyl (C=O) groups is 1. The summed E-state index contributed by atoms with van der Waals surface area (Å²) in [6.07, 6.45) is 1.31. The number of nitrogens with zero attached hydrogens (tertiary/aromatic N) is 1. The Balaban J connectivity index is 2.15. The van der Waals surface area contributed by atoms with Gasteiger partial charge in [0.1, 0.15) is 23.1 Å². The van der Waals surface area contributed by atoms with E-state index in [9.17, 15) is 4.79 Å². The maximum absolute atomic E-state index is 10.7. The monoisotopic (exact) mass is 265 g/mol. The van der Waals surface area contributed by atoms with Gasteiger partial charge in [-0.1, -0.05) is 30.3 Å². The lowest BCUT2D eigenvalue weighted by Crippen LogP contribution is -1.97. The molecular formula is C16H11NO3. The van der Waals surface area contributed by atoms with Crippen molar-refractivity contribution in [3.63, 3.8) is 0 Å². The first-order valence-corrected chi connectivity index (χ1v) is 5.87. The molecule has 0 atom stereocenters. The van der Waals surface area contributed by atoms with Gasteiger partial charge in [-0.15, -0.1) is 0 Å². The number of rotatable bonds is 4. The molecule has 0 bridgehead atoms. The number of nitriles is 1. The van der Waals surface area contributed by atoms with Crippen molar-refractivity contribution in [3.05, 3.63) is 65.7 Å². The van der Waals surface area contributed by atoms with Crippen LogP contribution >= 0.6 is 0 Å². The number of ether oxygens (including phenoxy) is 1. The van der Waals surface area contributed by atoms with E-state index in [0.29, 0.717) is 11.3 Å². The third-order valence-corrected chi connectivity index (χ3v) is 2.52. The predicted molar refractivity (Wildman–Crippen MR) is 74.2 cm³/mol. The van der Waals surface area contributed by atoms with Crippen LogP contribution in [0.5, 0.6) is 11.5 Å². The number of aliphatic carboxylic acids is 1. The second kappa shape index (κ2) is 6.21. The number of hydrogen-bond donors (Lipinski definition) is 1. The molecule has 4 heteroatoms. The minimum absolute atomic E-state index is 0.304. The van der Waals surface area contributed by atoms with Crippen LogP contribution in [0, 0.1) is 11.3 Å². The molecule has 2 aromatic rings. The lowest BCUT2D eigenvalue weighted by atomic mass is 10.1. The van der Waals surface area contributed by atoms with E-state index in [2.05, 4.69) is 0 Å². The third kappa shape index (κ3) is 3.47. The molecule has 20 heavy (non-hydrogen) atoms. The molecule has 0 saturated carbocycles. The highest BCUT2D eigenvalue weighted by Gasteiger charge is 2.05. The van der Waals surface area contributed by atoms with E-state index in [4.69, 9.17) is 15.1 Å². The lowest BCUT2D eigenvalue weighted by Gasteiger charge is -2.05. The van der Waals surface area contributed by atoms with Gasteiger partial charge in [0, 0.05) is 0 Å². The Hall–Kier alpha value is -3.06. The summed E-state index contributed by atoms with van der Waals surface area (Å²) in [5, 5.41) is 17.5. The molecule has 1 N–H and O–H groups in total. The van der Waals surface area contributed by atoms with Crippen molar-refractivity contribution in [1.29, 1.82) is 5.26 Å². The van der Waals surface area contributed by atoms with Gasteiger partial charge in [0.05, 0.1) is 0 Å². The summed E-state index contributed by atoms with van der Waals surface area (Å²) >= 11 is 0. The SMILES string of the molecule is N#CC(=Cc1ccc(Oc2ccccc2)cc1)C(=O)O. The molecule has 0 aliphatic carbocycles. The van der Waals surface area contributed by atoms with Crippen LogP contribution < -0.4 is 4.74 Å². The average molecular weight is 265 g/mol. The highest BCUT2D eigenvalue weighted by atomic mass is 16.5. The molecule has 0 unspecified atom stereocenters. The van der Waals surface area contributed by atoms with Gasteiger partial charge >= 0.3 is 5.97 Å². The first kappa shape index (κ1) is 13.4. The summed E-state index contributed by atoms with van der Waals surface area (Å²) in [6, 6.07) is 17.8. The Morgan fingerprint density at radius 3 is 2.20 bits per heavy atom. The molecule has 0 amide bonds. The first-order chi connectivity index (χ1) is 9.69. The van der Waals surface area contributed by atoms with E-state index < -0.39 is 5.97 Å². The summed E-state index contributed by atoms with van der Waals surface area (Å²) in [5.41, 5.74) is 0.325. The van der Waals surface area contributed by atoms with Gasteiger partial charge in [-0.25, -0.2) is 4.79 Å². The molecule has 2 rings (SSSR count). The number of para-hydroxylation sites is 1. The quantitative estimate of drug-likeness (QED) is 0.678. The van der Waals surface area contributed by atoms with Crippen LogP contribution in [0.4, 0.5) is 0 Å². The number of carboxylic acids is 1. The zero-order valence-corrected chi connectivity index (χ0v) is 10.5. The maximum Gasteiger partial charge on any atom is 0.346 e. The zero-order valence-electron chi connectivity index (χ0n) is 10.5. The molecule has 2 aromatic carbocycles. The fourth-order valence-electron chi connectivity index (χ4n) is 1.57. The zero-order chi connectivity index (χ0) is 14.4. The molecule has 0 aliphatic rings. The van der Waals surface area contributed by atoms with Crippen LogP contribution in [-0.2, 0) is 4.79 Å². The summed E-state index contributed by atoms with van der Waals surface area (Å²) in [7, 11) is 0. The highest BCUT2D eigenvalue weighted by Crippen LogP contribution is 2.21. The van der Waals surface area contributed by atoms with Gasteiger partial charge in [0.25, 0.3) is 0 Å². The predicted octanol–water partition coefficient (Wildman–Crippen LogP) is 3.47. The van der Waals surface area contributed by atoms with E-state index in [-0.39, 0.29) is 5.57 Å². The van der Waals surface area contributed by atoms with Crippen molar-refractivity contribution in [2.45, 2.75) is 0 Å². The lowest BCUT2D eigenvalue weighted by molar-refractivity contribution is -0.132. The van der Waals surface area contributed by atoms with Crippen molar-refractivity contribution >= 4 is 12.0 Å². The molecule has 0 aromatic heterocycles. The largest absolute Gasteiger partial charge is 0.477 e. The number of carboxylic acid groups (broad SMARTS) is 1. The Kier molecular flexibility index (Phi) is 4.15. The molecule has 0 heterocycles. The van der Waals surface area contributed by atoms with Crippen LogP contribution in [0.3, 0.4) is 0 Å².